The largest absolute Gasteiger partial charge is 0.493 e. The number of fused-ring (bicyclic) bond motifs is 1. The summed E-state index contributed by atoms with van der Waals surface area (Å²) in [6.07, 6.45) is 1.29. The lowest BCUT2D eigenvalue weighted by Gasteiger charge is -2.28. The van der Waals surface area contributed by atoms with Crippen molar-refractivity contribution in [3.05, 3.63) is 42.7 Å². The third-order valence-electron chi connectivity index (χ3n) is 5.56. The van der Waals surface area contributed by atoms with E-state index in [1.807, 2.05) is 0 Å². The topological polar surface area (TPSA) is 150 Å². The van der Waals surface area contributed by atoms with Crippen LogP contribution in [-0.2, 0) is 9.47 Å². The fraction of sp³-hybridized carbons (Fsp3) is 0.467. The van der Waals surface area contributed by atoms with Crippen LogP contribution in [0.1, 0.15) is 54.9 Å². The second-order valence-corrected chi connectivity index (χ2v) is 11.8. The molecule has 3 aromatic rings. The number of ether oxygens (including phenoxy) is 5. The molecule has 12 heteroatoms. The highest BCUT2D eigenvalue weighted by atomic mass is 16.6. The molecular weight excluding hydrogens is 546 g/mol. The number of methoxy groups -OCH3 is 1. The number of aromatic nitrogens is 2. The van der Waals surface area contributed by atoms with Crippen molar-refractivity contribution in [2.24, 2.45) is 0 Å². The van der Waals surface area contributed by atoms with Crippen molar-refractivity contribution in [1.29, 1.82) is 0 Å². The van der Waals surface area contributed by atoms with E-state index in [0.717, 1.165) is 4.90 Å². The molecule has 0 saturated carbocycles. The first-order valence-electron chi connectivity index (χ1n) is 13.3. The van der Waals surface area contributed by atoms with Gasteiger partial charge in [0, 0.05) is 24.1 Å². The Hall–Kier alpha value is -4.16. The molecular formula is C30H39N3O9. The predicted octanol–water partition coefficient (Wildman–Crippen LogP) is 5.62. The van der Waals surface area contributed by atoms with E-state index in [9.17, 15) is 19.8 Å². The van der Waals surface area contributed by atoms with E-state index >= 15 is 0 Å². The molecule has 3 rings (SSSR count). The number of hydrogen-bond donors (Lipinski definition) is 2. The molecule has 2 N–H and O–H groups in total. The van der Waals surface area contributed by atoms with Crippen molar-refractivity contribution in [2.75, 3.05) is 25.2 Å². The first kappa shape index (κ1) is 32.4. The molecule has 0 fully saturated rings. The number of carbonyl (C=O) groups is 2. The minimum absolute atomic E-state index is 0.00549. The van der Waals surface area contributed by atoms with E-state index in [1.54, 1.807) is 72.0 Å². The van der Waals surface area contributed by atoms with Crippen LogP contribution in [0.2, 0.25) is 0 Å². The van der Waals surface area contributed by atoms with Crippen molar-refractivity contribution in [1.82, 2.24) is 9.97 Å². The monoisotopic (exact) mass is 585 g/mol. The van der Waals surface area contributed by atoms with Crippen LogP contribution in [0.25, 0.3) is 10.9 Å². The van der Waals surface area contributed by atoms with Gasteiger partial charge in [-0.15, -0.1) is 0 Å². The Labute approximate surface area is 245 Å². The summed E-state index contributed by atoms with van der Waals surface area (Å²) in [6.45, 7) is 11.4. The molecule has 2 amide bonds. The highest BCUT2D eigenvalue weighted by Gasteiger charge is 2.33. The average molecular weight is 586 g/mol. The number of amides is 2. The van der Waals surface area contributed by atoms with Gasteiger partial charge in [-0.2, -0.15) is 4.90 Å². The van der Waals surface area contributed by atoms with Gasteiger partial charge in [0.1, 0.15) is 28.5 Å². The van der Waals surface area contributed by atoms with Crippen LogP contribution < -0.4 is 19.1 Å². The van der Waals surface area contributed by atoms with E-state index in [4.69, 9.17) is 23.7 Å². The minimum Gasteiger partial charge on any atom is -0.493 e. The number of aliphatic hydroxyl groups excluding tert-OH is 1. The van der Waals surface area contributed by atoms with Crippen molar-refractivity contribution in [2.45, 2.75) is 71.7 Å². The molecule has 42 heavy (non-hydrogen) atoms. The third kappa shape index (κ3) is 8.92. The normalized spacial score (nSPS) is 13.2. The lowest BCUT2D eigenvalue weighted by Crippen LogP contribution is -2.44. The lowest BCUT2D eigenvalue weighted by molar-refractivity contribution is -0.0141. The van der Waals surface area contributed by atoms with Crippen LogP contribution >= 0.6 is 0 Å². The summed E-state index contributed by atoms with van der Waals surface area (Å²) in [4.78, 5) is 35.2. The van der Waals surface area contributed by atoms with E-state index in [2.05, 4.69) is 9.97 Å². The zero-order chi connectivity index (χ0) is 31.3. The van der Waals surface area contributed by atoms with Crippen LogP contribution in [0.15, 0.2) is 42.7 Å². The Balaban J connectivity index is 1.87. The smallest absolute Gasteiger partial charge is 0.425 e. The van der Waals surface area contributed by atoms with Gasteiger partial charge in [0.25, 0.3) is 0 Å². The van der Waals surface area contributed by atoms with Gasteiger partial charge in [-0.1, -0.05) is 0 Å². The standard InChI is InChI=1S/C30H39N3O9/c1-28(2,3)41-26(35)33(27(36)42-29(4,5)6)25-10-9-19(17-32-25)40-22-11-13-31-21-16-24(23(38-8)15-20(21)22)39-14-12-30(7,37)18-34/h9-11,13,15-17,34,37H,12,14,18H2,1-8H3. The van der Waals surface area contributed by atoms with Crippen LogP contribution in [0.4, 0.5) is 15.4 Å². The molecule has 0 saturated heterocycles. The second-order valence-electron chi connectivity index (χ2n) is 11.8. The van der Waals surface area contributed by atoms with Gasteiger partial charge in [0.15, 0.2) is 11.5 Å². The fourth-order valence-corrected chi connectivity index (χ4v) is 3.52. The minimum atomic E-state index is -1.26. The summed E-state index contributed by atoms with van der Waals surface area (Å²) in [7, 11) is 1.50. The molecule has 1 atom stereocenters. The number of imide groups is 1. The predicted molar refractivity (Wildman–Crippen MR) is 155 cm³/mol. The summed E-state index contributed by atoms with van der Waals surface area (Å²) in [5.74, 6) is 1.60. The van der Waals surface area contributed by atoms with Crippen LogP contribution in [-0.4, -0.2) is 69.5 Å². The molecule has 12 nitrogen and oxygen atoms in total. The van der Waals surface area contributed by atoms with Crippen molar-refractivity contribution in [3.8, 4) is 23.0 Å². The molecule has 0 spiro atoms. The van der Waals surface area contributed by atoms with Gasteiger partial charge in [0.2, 0.25) is 0 Å². The zero-order valence-electron chi connectivity index (χ0n) is 25.3. The molecule has 0 bridgehead atoms. The maximum atomic E-state index is 12.9. The molecule has 0 aliphatic carbocycles. The van der Waals surface area contributed by atoms with E-state index in [0.29, 0.717) is 33.9 Å². The maximum absolute atomic E-state index is 12.9. The molecule has 0 aliphatic heterocycles. The van der Waals surface area contributed by atoms with Crippen LogP contribution in [0.5, 0.6) is 23.0 Å². The zero-order valence-corrected chi connectivity index (χ0v) is 25.3. The molecule has 2 heterocycles. The van der Waals surface area contributed by atoms with Gasteiger partial charge in [-0.3, -0.25) is 4.98 Å². The highest BCUT2D eigenvalue weighted by Crippen LogP contribution is 2.37. The summed E-state index contributed by atoms with van der Waals surface area (Å²) in [5, 5.41) is 19.9. The summed E-state index contributed by atoms with van der Waals surface area (Å²) < 4.78 is 28.2. The highest BCUT2D eigenvalue weighted by molar-refractivity contribution is 6.08. The van der Waals surface area contributed by atoms with Crippen LogP contribution in [0.3, 0.4) is 0 Å². The number of rotatable bonds is 9. The first-order valence-corrected chi connectivity index (χ1v) is 13.3. The number of aliphatic hydroxyl groups is 2. The summed E-state index contributed by atoms with van der Waals surface area (Å²) in [6, 6.07) is 8.07. The van der Waals surface area contributed by atoms with E-state index < -0.39 is 29.0 Å². The van der Waals surface area contributed by atoms with Crippen LogP contribution in [0, 0.1) is 0 Å². The quantitative estimate of drug-likeness (QED) is 0.322. The fourth-order valence-electron chi connectivity index (χ4n) is 3.52. The maximum Gasteiger partial charge on any atom is 0.425 e. The third-order valence-corrected chi connectivity index (χ3v) is 5.56. The SMILES string of the molecule is COc1cc2c(Oc3ccc(N(C(=O)OC(C)(C)C)C(=O)OC(C)(C)C)nc3)ccnc2cc1OCCC(C)(O)CO. The van der Waals surface area contributed by atoms with Gasteiger partial charge >= 0.3 is 12.2 Å². The number of anilines is 1. The molecule has 1 aromatic carbocycles. The number of carbonyl (C=O) groups excluding carboxylic acids is 2. The lowest BCUT2D eigenvalue weighted by atomic mass is 10.1. The molecule has 1 unspecified atom stereocenters. The number of hydrogen-bond acceptors (Lipinski definition) is 11. The van der Waals surface area contributed by atoms with Gasteiger partial charge in [-0.25, -0.2) is 14.6 Å². The van der Waals surface area contributed by atoms with E-state index in [-0.39, 0.29) is 25.5 Å². The van der Waals surface area contributed by atoms with E-state index in [1.165, 1.54) is 26.3 Å². The average Bonchev–Trinajstić information content (AvgIpc) is 2.87. The number of nitrogens with zero attached hydrogens (tertiary/aromatic N) is 3. The molecule has 0 aliphatic rings. The number of pyridine rings is 2. The Morgan fingerprint density at radius 3 is 2.05 bits per heavy atom. The van der Waals surface area contributed by atoms with Crippen molar-refractivity contribution in [3.63, 3.8) is 0 Å². The molecule has 0 radical (unpaired) electrons. The summed E-state index contributed by atoms with van der Waals surface area (Å²) in [5.41, 5.74) is -2.41. The van der Waals surface area contributed by atoms with Gasteiger partial charge in [0.05, 0.1) is 37.6 Å². The second kappa shape index (κ2) is 12.8. The Kier molecular flexibility index (Phi) is 9.85. The first-order chi connectivity index (χ1) is 19.5. The van der Waals surface area contributed by atoms with Gasteiger partial charge in [-0.05, 0) is 72.7 Å². The Morgan fingerprint density at radius 1 is 0.881 bits per heavy atom. The van der Waals surface area contributed by atoms with Gasteiger partial charge < -0.3 is 33.9 Å². The Bertz CT molecular complexity index is 1370. The molecule has 228 valence electrons. The molecule has 2 aromatic heterocycles. The number of benzene rings is 1. The summed E-state index contributed by atoms with van der Waals surface area (Å²) >= 11 is 0. The van der Waals surface area contributed by atoms with Crippen molar-refractivity contribution >= 4 is 28.9 Å². The van der Waals surface area contributed by atoms with Crippen molar-refractivity contribution < 1.29 is 43.5 Å². The Morgan fingerprint density at radius 2 is 1.52 bits per heavy atom.